The van der Waals surface area contributed by atoms with Gasteiger partial charge in [-0.2, -0.15) is 0 Å². The molecule has 0 saturated heterocycles. The Morgan fingerprint density at radius 3 is 2.32 bits per heavy atom. The number of anilines is 1. The summed E-state index contributed by atoms with van der Waals surface area (Å²) in [6, 6.07) is 10.9. The molecule has 0 radical (unpaired) electrons. The summed E-state index contributed by atoms with van der Waals surface area (Å²) in [5, 5.41) is 3.65. The van der Waals surface area contributed by atoms with Crippen LogP contribution in [0.1, 0.15) is 29.8 Å². The molecule has 6 heteroatoms. The second-order valence-corrected chi connectivity index (χ2v) is 6.56. The molecule has 1 N–H and O–H groups in total. The predicted octanol–water partition coefficient (Wildman–Crippen LogP) is 3.60. The van der Waals surface area contributed by atoms with Crippen LogP contribution in [-0.4, -0.2) is 40.5 Å². The van der Waals surface area contributed by atoms with E-state index in [1.807, 2.05) is 32.9 Å². The van der Waals surface area contributed by atoms with E-state index in [1.54, 1.807) is 35.4 Å². The van der Waals surface area contributed by atoms with Crippen molar-refractivity contribution in [1.29, 1.82) is 0 Å². The van der Waals surface area contributed by atoms with Crippen molar-refractivity contribution in [2.45, 2.75) is 25.8 Å². The Morgan fingerprint density at radius 2 is 1.76 bits per heavy atom. The molecule has 2 rings (SSSR count). The molecule has 0 saturated carbocycles. The van der Waals surface area contributed by atoms with E-state index in [4.69, 9.17) is 0 Å². The number of aromatic nitrogens is 1. The topological polar surface area (TPSA) is 62.3 Å². The van der Waals surface area contributed by atoms with Crippen LogP contribution in [0.25, 0.3) is 0 Å². The molecule has 0 atom stereocenters. The van der Waals surface area contributed by atoms with E-state index >= 15 is 0 Å². The van der Waals surface area contributed by atoms with Crippen molar-refractivity contribution in [1.82, 2.24) is 9.88 Å². The van der Waals surface area contributed by atoms with Gasteiger partial charge in [-0.3, -0.25) is 9.59 Å². The van der Waals surface area contributed by atoms with Crippen molar-refractivity contribution in [3.05, 3.63) is 53.7 Å². The Kier molecular flexibility index (Phi) is 7.01. The first-order chi connectivity index (χ1) is 12.0. The molecule has 0 aliphatic carbocycles. The lowest BCUT2D eigenvalue weighted by molar-refractivity contribution is -0.113. The largest absolute Gasteiger partial charge is 0.339 e. The van der Waals surface area contributed by atoms with Crippen LogP contribution in [0.3, 0.4) is 0 Å². The lowest BCUT2D eigenvalue weighted by Crippen LogP contribution is -2.30. The summed E-state index contributed by atoms with van der Waals surface area (Å²) < 4.78 is 0. The normalized spacial score (nSPS) is 10.4. The molecule has 2 amide bonds. The van der Waals surface area contributed by atoms with E-state index in [0.29, 0.717) is 24.3 Å². The zero-order chi connectivity index (χ0) is 18.2. The fourth-order valence-electron chi connectivity index (χ4n) is 2.27. The van der Waals surface area contributed by atoms with Crippen molar-refractivity contribution in [3.8, 4) is 0 Å². The summed E-state index contributed by atoms with van der Waals surface area (Å²) in [7, 11) is 0. The minimum absolute atomic E-state index is 0.00359. The third-order valence-electron chi connectivity index (χ3n) is 3.70. The van der Waals surface area contributed by atoms with Crippen molar-refractivity contribution in [2.75, 3.05) is 24.2 Å². The average Bonchev–Trinajstić information content (AvgIpc) is 2.63. The molecule has 0 aliphatic heterocycles. The molecule has 0 spiro atoms. The van der Waals surface area contributed by atoms with Crippen molar-refractivity contribution in [3.63, 3.8) is 0 Å². The van der Waals surface area contributed by atoms with Gasteiger partial charge in [-0.15, -0.1) is 0 Å². The van der Waals surface area contributed by atoms with Gasteiger partial charge in [-0.25, -0.2) is 4.98 Å². The first kappa shape index (κ1) is 19.0. The highest BCUT2D eigenvalue weighted by atomic mass is 32.2. The number of nitrogens with zero attached hydrogens (tertiary/aromatic N) is 2. The molecular weight excluding hydrogens is 334 g/mol. The maximum atomic E-state index is 12.3. The Labute approximate surface area is 152 Å². The molecule has 2 aromatic rings. The van der Waals surface area contributed by atoms with Gasteiger partial charge in [0, 0.05) is 30.5 Å². The summed E-state index contributed by atoms with van der Waals surface area (Å²) in [5.74, 6) is 0.190. The average molecular weight is 357 g/mol. The highest BCUT2D eigenvalue weighted by Crippen LogP contribution is 2.16. The minimum atomic E-state index is -0.102. The first-order valence-corrected chi connectivity index (χ1v) is 9.26. The Bertz CT molecular complexity index is 710. The SMILES string of the molecule is CCN(CC)C(=O)c1ccc(NC(=O)CSc2ccc(C)cn2)cc1. The Hall–Kier alpha value is -2.34. The van der Waals surface area contributed by atoms with Gasteiger partial charge in [-0.1, -0.05) is 17.8 Å². The number of amides is 2. The molecular formula is C19H23N3O2S. The fourth-order valence-corrected chi connectivity index (χ4v) is 2.91. The van der Waals surface area contributed by atoms with E-state index < -0.39 is 0 Å². The number of benzene rings is 1. The van der Waals surface area contributed by atoms with Gasteiger partial charge < -0.3 is 10.2 Å². The number of carbonyl (C=O) groups is 2. The van der Waals surface area contributed by atoms with E-state index in [2.05, 4.69) is 10.3 Å². The monoisotopic (exact) mass is 357 g/mol. The maximum absolute atomic E-state index is 12.3. The van der Waals surface area contributed by atoms with E-state index in [1.165, 1.54) is 11.8 Å². The van der Waals surface area contributed by atoms with Crippen LogP contribution in [0.4, 0.5) is 5.69 Å². The molecule has 5 nitrogen and oxygen atoms in total. The predicted molar refractivity (Wildman–Crippen MR) is 102 cm³/mol. The minimum Gasteiger partial charge on any atom is -0.339 e. The van der Waals surface area contributed by atoms with Crippen LogP contribution in [0.2, 0.25) is 0 Å². The second-order valence-electron chi connectivity index (χ2n) is 5.57. The van der Waals surface area contributed by atoms with Crippen molar-refractivity contribution >= 4 is 29.3 Å². The molecule has 132 valence electrons. The second kappa shape index (κ2) is 9.22. The third-order valence-corrected chi connectivity index (χ3v) is 4.65. The number of rotatable bonds is 7. The summed E-state index contributed by atoms with van der Waals surface area (Å²) in [5.41, 5.74) is 2.40. The fraction of sp³-hybridized carbons (Fsp3) is 0.316. The standard InChI is InChI=1S/C19H23N3O2S/c1-4-22(5-2)19(24)15-7-9-16(10-8-15)21-17(23)13-25-18-11-6-14(3)12-20-18/h6-12H,4-5,13H2,1-3H3,(H,21,23). The summed E-state index contributed by atoms with van der Waals surface area (Å²) in [6.45, 7) is 7.24. The van der Waals surface area contributed by atoms with Gasteiger partial charge >= 0.3 is 0 Å². The Morgan fingerprint density at radius 1 is 1.08 bits per heavy atom. The molecule has 0 fully saturated rings. The summed E-state index contributed by atoms with van der Waals surface area (Å²) in [4.78, 5) is 30.3. The number of aryl methyl sites for hydroxylation is 1. The van der Waals surface area contributed by atoms with Crippen LogP contribution < -0.4 is 5.32 Å². The third kappa shape index (κ3) is 5.60. The van der Waals surface area contributed by atoms with Crippen molar-refractivity contribution < 1.29 is 9.59 Å². The Balaban J connectivity index is 1.88. The van der Waals surface area contributed by atoms with Crippen LogP contribution in [-0.2, 0) is 4.79 Å². The highest BCUT2D eigenvalue weighted by Gasteiger charge is 2.12. The van der Waals surface area contributed by atoms with Crippen LogP contribution in [0.5, 0.6) is 0 Å². The van der Waals surface area contributed by atoms with E-state index in [9.17, 15) is 9.59 Å². The zero-order valence-electron chi connectivity index (χ0n) is 14.8. The summed E-state index contributed by atoms with van der Waals surface area (Å²) in [6.07, 6.45) is 1.78. The number of carbonyl (C=O) groups excluding carboxylic acids is 2. The molecule has 0 aliphatic rings. The molecule has 1 heterocycles. The van der Waals surface area contributed by atoms with E-state index in [0.717, 1.165) is 10.6 Å². The van der Waals surface area contributed by atoms with Gasteiger partial charge in [0.15, 0.2) is 0 Å². The van der Waals surface area contributed by atoms with E-state index in [-0.39, 0.29) is 17.6 Å². The van der Waals surface area contributed by atoms with Gasteiger partial charge in [0.05, 0.1) is 10.8 Å². The van der Waals surface area contributed by atoms with Crippen molar-refractivity contribution in [2.24, 2.45) is 0 Å². The van der Waals surface area contributed by atoms with Gasteiger partial charge in [0.2, 0.25) is 5.91 Å². The lowest BCUT2D eigenvalue weighted by atomic mass is 10.2. The van der Waals surface area contributed by atoms with Gasteiger partial charge in [-0.05, 0) is 56.7 Å². The number of hydrogen-bond acceptors (Lipinski definition) is 4. The number of hydrogen-bond donors (Lipinski definition) is 1. The molecule has 0 bridgehead atoms. The van der Waals surface area contributed by atoms with Gasteiger partial charge in [0.1, 0.15) is 0 Å². The molecule has 0 unspecified atom stereocenters. The molecule has 1 aromatic heterocycles. The smallest absolute Gasteiger partial charge is 0.253 e. The van der Waals surface area contributed by atoms with Crippen LogP contribution in [0.15, 0.2) is 47.6 Å². The first-order valence-electron chi connectivity index (χ1n) is 8.28. The van der Waals surface area contributed by atoms with Gasteiger partial charge in [0.25, 0.3) is 5.91 Å². The highest BCUT2D eigenvalue weighted by molar-refractivity contribution is 7.99. The number of thioether (sulfide) groups is 1. The lowest BCUT2D eigenvalue weighted by Gasteiger charge is -2.18. The summed E-state index contributed by atoms with van der Waals surface area (Å²) >= 11 is 1.39. The quantitative estimate of drug-likeness (QED) is 0.769. The van der Waals surface area contributed by atoms with Crippen LogP contribution >= 0.6 is 11.8 Å². The number of nitrogens with one attached hydrogen (secondary N) is 1. The van der Waals surface area contributed by atoms with Crippen LogP contribution in [0, 0.1) is 6.92 Å². The molecule has 1 aromatic carbocycles. The number of pyridine rings is 1. The zero-order valence-corrected chi connectivity index (χ0v) is 15.6. The molecule has 25 heavy (non-hydrogen) atoms. The maximum Gasteiger partial charge on any atom is 0.253 e.